The van der Waals surface area contributed by atoms with E-state index in [1.807, 2.05) is 19.0 Å². The largest absolute Gasteiger partial charge is 0.356 e. The molecule has 0 bridgehead atoms. The zero-order chi connectivity index (χ0) is 19.7. The van der Waals surface area contributed by atoms with Crippen LogP contribution >= 0.6 is 0 Å². The van der Waals surface area contributed by atoms with Gasteiger partial charge in [-0.05, 0) is 51.3 Å². The van der Waals surface area contributed by atoms with Gasteiger partial charge in [0.05, 0.1) is 11.9 Å². The number of hydrogen-bond acceptors (Lipinski definition) is 5. The summed E-state index contributed by atoms with van der Waals surface area (Å²) in [7, 11) is 0.396. The Morgan fingerprint density at radius 2 is 1.69 bits per heavy atom. The number of nitrogens with zero attached hydrogens (tertiary/aromatic N) is 2. The molecular weight excluding hydrogens is 356 g/mol. The highest BCUT2D eigenvalue weighted by Gasteiger charge is 2.18. The van der Waals surface area contributed by atoms with Crippen LogP contribution in [0, 0.1) is 0 Å². The van der Waals surface area contributed by atoms with Gasteiger partial charge < -0.3 is 15.5 Å². The summed E-state index contributed by atoms with van der Waals surface area (Å²) in [5.41, 5.74) is 1.02. The van der Waals surface area contributed by atoms with E-state index in [1.54, 1.807) is 24.3 Å². The third kappa shape index (κ3) is 8.30. The van der Waals surface area contributed by atoms with E-state index in [0.717, 1.165) is 19.2 Å². The molecule has 0 heterocycles. The van der Waals surface area contributed by atoms with Gasteiger partial charge in [-0.25, -0.2) is 8.42 Å². The first-order valence-corrected chi connectivity index (χ1v) is 10.2. The fourth-order valence-corrected chi connectivity index (χ4v) is 3.24. The first-order chi connectivity index (χ1) is 12.1. The zero-order valence-electron chi connectivity index (χ0n) is 15.8. The predicted octanol–water partition coefficient (Wildman–Crippen LogP) is 0.869. The molecule has 1 aromatic rings. The molecule has 1 rings (SSSR count). The fraction of sp³-hybridized carbons (Fsp3) is 0.529. The molecule has 0 fully saturated rings. The average molecular weight is 385 g/mol. The van der Waals surface area contributed by atoms with Gasteiger partial charge in [-0.1, -0.05) is 0 Å². The van der Waals surface area contributed by atoms with Crippen molar-refractivity contribution >= 4 is 33.2 Å². The molecule has 0 atom stereocenters. The summed E-state index contributed by atoms with van der Waals surface area (Å²) >= 11 is 0. The minimum absolute atomic E-state index is 0.0534. The average Bonchev–Trinajstić information content (AvgIpc) is 2.51. The summed E-state index contributed by atoms with van der Waals surface area (Å²) < 4.78 is 25.3. The Kier molecular flexibility index (Phi) is 8.53. The molecular formula is C17H28N4O4S. The van der Waals surface area contributed by atoms with E-state index in [0.29, 0.717) is 17.9 Å². The Morgan fingerprint density at radius 1 is 1.08 bits per heavy atom. The van der Waals surface area contributed by atoms with Crippen LogP contribution in [-0.4, -0.2) is 65.1 Å². The molecule has 0 saturated carbocycles. The van der Waals surface area contributed by atoms with E-state index in [1.165, 1.54) is 11.2 Å². The number of amides is 2. The molecule has 9 heteroatoms. The topological polar surface area (TPSA) is 98.8 Å². The number of carbonyl (C=O) groups excluding carboxylic acids is 2. The molecule has 26 heavy (non-hydrogen) atoms. The van der Waals surface area contributed by atoms with Gasteiger partial charge in [-0.2, -0.15) is 0 Å². The summed E-state index contributed by atoms with van der Waals surface area (Å²) in [5, 5.41) is 5.41. The number of nitrogens with one attached hydrogen (secondary N) is 2. The smallest absolute Gasteiger partial charge is 0.232 e. The standard InChI is InChI=1S/C17H28N4O4S/c1-14(22)19-15-6-8-16(9-7-15)21(26(4,24)25)13-10-17(23)18-11-5-12-20(2)3/h6-9H,5,10-13H2,1-4H3,(H,18,23)(H,19,22). The lowest BCUT2D eigenvalue weighted by Gasteiger charge is -2.22. The number of rotatable bonds is 10. The molecule has 0 aliphatic rings. The van der Waals surface area contributed by atoms with Gasteiger partial charge in [0.1, 0.15) is 0 Å². The van der Waals surface area contributed by atoms with Crippen molar-refractivity contribution in [2.45, 2.75) is 19.8 Å². The van der Waals surface area contributed by atoms with E-state index in [2.05, 4.69) is 10.6 Å². The molecule has 2 N–H and O–H groups in total. The first kappa shape index (κ1) is 21.9. The highest BCUT2D eigenvalue weighted by Crippen LogP contribution is 2.20. The number of hydrogen-bond donors (Lipinski definition) is 2. The van der Waals surface area contributed by atoms with Crippen LogP contribution in [0.4, 0.5) is 11.4 Å². The maximum Gasteiger partial charge on any atom is 0.232 e. The highest BCUT2D eigenvalue weighted by atomic mass is 32.2. The SMILES string of the molecule is CC(=O)Nc1ccc(N(CCC(=O)NCCCN(C)C)S(C)(=O)=O)cc1. The molecule has 8 nitrogen and oxygen atoms in total. The van der Waals surface area contributed by atoms with Crippen LogP contribution in [0.15, 0.2) is 24.3 Å². The van der Waals surface area contributed by atoms with Crippen molar-refractivity contribution in [3.05, 3.63) is 24.3 Å². The Morgan fingerprint density at radius 3 is 2.19 bits per heavy atom. The van der Waals surface area contributed by atoms with Crippen LogP contribution in [0.2, 0.25) is 0 Å². The number of sulfonamides is 1. The van der Waals surface area contributed by atoms with Crippen molar-refractivity contribution in [3.8, 4) is 0 Å². The second-order valence-electron chi connectivity index (χ2n) is 6.32. The molecule has 1 aromatic carbocycles. The highest BCUT2D eigenvalue weighted by molar-refractivity contribution is 7.92. The monoisotopic (exact) mass is 384 g/mol. The maximum absolute atomic E-state index is 12.1. The summed E-state index contributed by atoms with van der Waals surface area (Å²) in [6.07, 6.45) is 2.01. The molecule has 0 aliphatic heterocycles. The van der Waals surface area contributed by atoms with Crippen molar-refractivity contribution in [3.63, 3.8) is 0 Å². The molecule has 0 aromatic heterocycles. The van der Waals surface area contributed by atoms with Crippen molar-refractivity contribution in [1.29, 1.82) is 0 Å². The fourth-order valence-electron chi connectivity index (χ4n) is 2.32. The molecule has 146 valence electrons. The summed E-state index contributed by atoms with van der Waals surface area (Å²) in [5.74, 6) is -0.393. The Balaban J connectivity index is 2.65. The van der Waals surface area contributed by atoms with Crippen LogP contribution in [0.1, 0.15) is 19.8 Å². The van der Waals surface area contributed by atoms with Gasteiger partial charge in [0.2, 0.25) is 21.8 Å². The van der Waals surface area contributed by atoms with Gasteiger partial charge in [0, 0.05) is 32.1 Å². The van der Waals surface area contributed by atoms with Gasteiger partial charge in [0.25, 0.3) is 0 Å². The molecule has 0 radical (unpaired) electrons. The molecule has 2 amide bonds. The molecule has 0 unspecified atom stereocenters. The van der Waals surface area contributed by atoms with Crippen LogP contribution in [0.5, 0.6) is 0 Å². The summed E-state index contributed by atoms with van der Waals surface area (Å²) in [6.45, 7) is 2.88. The normalized spacial score (nSPS) is 11.3. The van der Waals surface area contributed by atoms with Crippen molar-refractivity contribution in [2.75, 3.05) is 49.6 Å². The first-order valence-electron chi connectivity index (χ1n) is 8.36. The number of benzene rings is 1. The van der Waals surface area contributed by atoms with Crippen molar-refractivity contribution in [2.24, 2.45) is 0 Å². The minimum atomic E-state index is -3.53. The second-order valence-corrected chi connectivity index (χ2v) is 8.23. The summed E-state index contributed by atoms with van der Waals surface area (Å²) in [6, 6.07) is 6.44. The maximum atomic E-state index is 12.1. The van der Waals surface area contributed by atoms with E-state index in [9.17, 15) is 18.0 Å². The minimum Gasteiger partial charge on any atom is -0.356 e. The Bertz CT molecular complexity index is 702. The van der Waals surface area contributed by atoms with Crippen molar-refractivity contribution < 1.29 is 18.0 Å². The van der Waals surface area contributed by atoms with Crippen LogP contribution in [-0.2, 0) is 19.6 Å². The zero-order valence-corrected chi connectivity index (χ0v) is 16.6. The molecule has 0 spiro atoms. The quantitative estimate of drug-likeness (QED) is 0.583. The molecule has 0 saturated heterocycles. The van der Waals surface area contributed by atoms with Crippen LogP contribution < -0.4 is 14.9 Å². The van der Waals surface area contributed by atoms with Crippen molar-refractivity contribution in [1.82, 2.24) is 10.2 Å². The predicted molar refractivity (Wildman–Crippen MR) is 104 cm³/mol. The van der Waals surface area contributed by atoms with Crippen LogP contribution in [0.3, 0.4) is 0 Å². The van der Waals surface area contributed by atoms with Gasteiger partial charge in [0.15, 0.2) is 0 Å². The number of carbonyl (C=O) groups is 2. The van der Waals surface area contributed by atoms with E-state index in [-0.39, 0.29) is 24.8 Å². The lowest BCUT2D eigenvalue weighted by atomic mass is 10.2. The van der Waals surface area contributed by atoms with E-state index >= 15 is 0 Å². The second kappa shape index (κ2) is 10.1. The lowest BCUT2D eigenvalue weighted by Crippen LogP contribution is -2.35. The van der Waals surface area contributed by atoms with E-state index in [4.69, 9.17) is 0 Å². The van der Waals surface area contributed by atoms with E-state index < -0.39 is 10.0 Å². The Hall–Kier alpha value is -2.13. The number of anilines is 2. The third-order valence-corrected chi connectivity index (χ3v) is 4.72. The van der Waals surface area contributed by atoms with Gasteiger partial charge >= 0.3 is 0 Å². The lowest BCUT2D eigenvalue weighted by molar-refractivity contribution is -0.120. The Labute approximate surface area is 155 Å². The van der Waals surface area contributed by atoms with Gasteiger partial charge in [-0.15, -0.1) is 0 Å². The summed E-state index contributed by atoms with van der Waals surface area (Å²) in [4.78, 5) is 25.0. The van der Waals surface area contributed by atoms with Crippen LogP contribution in [0.25, 0.3) is 0 Å². The third-order valence-electron chi connectivity index (χ3n) is 3.52. The molecule has 0 aliphatic carbocycles. The van der Waals surface area contributed by atoms with Gasteiger partial charge in [-0.3, -0.25) is 13.9 Å².